The van der Waals surface area contributed by atoms with Crippen LogP contribution in [0.15, 0.2) is 12.5 Å². The summed E-state index contributed by atoms with van der Waals surface area (Å²) in [6.07, 6.45) is 12.4. The lowest BCUT2D eigenvalue weighted by molar-refractivity contribution is 0.262. The molecule has 0 amide bonds. The average molecular weight is 247 g/mol. The molecule has 0 unspecified atom stereocenters. The van der Waals surface area contributed by atoms with Gasteiger partial charge in [-0.1, -0.05) is 19.8 Å². The van der Waals surface area contributed by atoms with E-state index in [1.165, 1.54) is 50.8 Å². The van der Waals surface area contributed by atoms with Crippen molar-refractivity contribution in [3.05, 3.63) is 18.2 Å². The highest BCUT2D eigenvalue weighted by atomic mass is 15.1. The van der Waals surface area contributed by atoms with Crippen LogP contribution < -0.4 is 5.32 Å². The van der Waals surface area contributed by atoms with Crippen molar-refractivity contribution in [1.82, 2.24) is 14.9 Å². The minimum atomic E-state index is 0.781. The first-order valence-corrected chi connectivity index (χ1v) is 7.53. The van der Waals surface area contributed by atoms with Crippen LogP contribution in [0.4, 0.5) is 0 Å². The summed E-state index contributed by atoms with van der Waals surface area (Å²) in [4.78, 5) is 4.32. The zero-order valence-electron chi connectivity index (χ0n) is 11.4. The second-order valence-electron chi connectivity index (χ2n) is 6.32. The highest BCUT2D eigenvalue weighted by molar-refractivity contribution is 5.00. The van der Waals surface area contributed by atoms with E-state index in [1.807, 2.05) is 12.5 Å². The lowest BCUT2D eigenvalue weighted by Gasteiger charge is -2.26. The van der Waals surface area contributed by atoms with Crippen LogP contribution in [0.3, 0.4) is 0 Å². The lowest BCUT2D eigenvalue weighted by atomic mass is 9.83. The first-order chi connectivity index (χ1) is 8.81. The third kappa shape index (κ3) is 3.14. The summed E-state index contributed by atoms with van der Waals surface area (Å²) < 4.78 is 2.37. The van der Waals surface area contributed by atoms with E-state index in [9.17, 15) is 0 Å². The van der Waals surface area contributed by atoms with Crippen LogP contribution >= 0.6 is 0 Å². The topological polar surface area (TPSA) is 29.9 Å². The smallest absolute Gasteiger partial charge is 0.0948 e. The molecule has 3 rings (SSSR count). The third-order valence-electron chi connectivity index (χ3n) is 4.54. The number of nitrogens with zero attached hydrogens (tertiary/aromatic N) is 2. The molecule has 0 bridgehead atoms. The quantitative estimate of drug-likeness (QED) is 0.867. The van der Waals surface area contributed by atoms with Gasteiger partial charge in [0.25, 0.3) is 0 Å². The second kappa shape index (κ2) is 5.43. The Hall–Kier alpha value is -0.830. The SMILES string of the molecule is CC1CCC(Cn2cncc2CNC2CC2)CC1. The van der Waals surface area contributed by atoms with Gasteiger partial charge < -0.3 is 9.88 Å². The fraction of sp³-hybridized carbons (Fsp3) is 0.800. The van der Waals surface area contributed by atoms with Crippen LogP contribution in [0.25, 0.3) is 0 Å². The van der Waals surface area contributed by atoms with Crippen LogP contribution in [0.2, 0.25) is 0 Å². The Kier molecular flexibility index (Phi) is 3.69. The fourth-order valence-corrected chi connectivity index (χ4v) is 2.99. The third-order valence-corrected chi connectivity index (χ3v) is 4.54. The molecule has 1 aromatic rings. The Morgan fingerprint density at radius 3 is 2.72 bits per heavy atom. The van der Waals surface area contributed by atoms with Gasteiger partial charge in [0.2, 0.25) is 0 Å². The molecule has 0 saturated heterocycles. The number of aromatic nitrogens is 2. The number of rotatable bonds is 5. The molecule has 2 aliphatic rings. The molecule has 3 nitrogen and oxygen atoms in total. The van der Waals surface area contributed by atoms with Crippen molar-refractivity contribution in [1.29, 1.82) is 0 Å². The minimum Gasteiger partial charge on any atom is -0.333 e. The van der Waals surface area contributed by atoms with Crippen LogP contribution in [0, 0.1) is 11.8 Å². The van der Waals surface area contributed by atoms with Crippen LogP contribution in [-0.4, -0.2) is 15.6 Å². The van der Waals surface area contributed by atoms with Crippen molar-refractivity contribution in [3.63, 3.8) is 0 Å². The largest absolute Gasteiger partial charge is 0.333 e. The van der Waals surface area contributed by atoms with Crippen molar-refractivity contribution in [2.75, 3.05) is 0 Å². The number of imidazole rings is 1. The monoisotopic (exact) mass is 247 g/mol. The van der Waals surface area contributed by atoms with Crippen molar-refractivity contribution in [2.24, 2.45) is 11.8 Å². The van der Waals surface area contributed by atoms with Gasteiger partial charge >= 0.3 is 0 Å². The van der Waals surface area contributed by atoms with Gasteiger partial charge in [-0.25, -0.2) is 4.98 Å². The van der Waals surface area contributed by atoms with Crippen LogP contribution in [0.5, 0.6) is 0 Å². The Labute approximate surface area is 110 Å². The summed E-state index contributed by atoms with van der Waals surface area (Å²) in [7, 11) is 0. The molecule has 0 aliphatic heterocycles. The van der Waals surface area contributed by atoms with Gasteiger partial charge in [-0.2, -0.15) is 0 Å². The highest BCUT2D eigenvalue weighted by Gasteiger charge is 2.22. The maximum absolute atomic E-state index is 4.32. The van der Waals surface area contributed by atoms with Crippen molar-refractivity contribution in [2.45, 2.75) is 64.6 Å². The molecule has 3 heteroatoms. The van der Waals surface area contributed by atoms with Gasteiger partial charge in [0.15, 0.2) is 0 Å². The Morgan fingerprint density at radius 1 is 1.22 bits per heavy atom. The molecule has 0 spiro atoms. The number of hydrogen-bond donors (Lipinski definition) is 1. The molecule has 0 radical (unpaired) electrons. The van der Waals surface area contributed by atoms with E-state index in [-0.39, 0.29) is 0 Å². The number of hydrogen-bond acceptors (Lipinski definition) is 2. The molecule has 100 valence electrons. The van der Waals surface area contributed by atoms with Crippen LogP contribution in [-0.2, 0) is 13.1 Å². The normalized spacial score (nSPS) is 28.5. The Bertz CT molecular complexity index is 373. The summed E-state index contributed by atoms with van der Waals surface area (Å²) in [5.74, 6) is 1.81. The molecule has 2 saturated carbocycles. The van der Waals surface area contributed by atoms with Gasteiger partial charge in [-0.3, -0.25) is 0 Å². The molecule has 0 aromatic carbocycles. The second-order valence-corrected chi connectivity index (χ2v) is 6.32. The first kappa shape index (κ1) is 12.2. The molecule has 2 aliphatic carbocycles. The summed E-state index contributed by atoms with van der Waals surface area (Å²) in [6.45, 7) is 4.56. The average Bonchev–Trinajstić information content (AvgIpc) is 3.11. The zero-order chi connectivity index (χ0) is 12.4. The summed E-state index contributed by atoms with van der Waals surface area (Å²) >= 11 is 0. The van der Waals surface area contributed by atoms with E-state index in [0.717, 1.165) is 24.4 Å². The predicted molar refractivity (Wildman–Crippen MR) is 73.2 cm³/mol. The van der Waals surface area contributed by atoms with E-state index in [4.69, 9.17) is 0 Å². The molecule has 1 N–H and O–H groups in total. The Morgan fingerprint density at radius 2 is 2.00 bits per heavy atom. The highest BCUT2D eigenvalue weighted by Crippen LogP contribution is 2.29. The van der Waals surface area contributed by atoms with Gasteiger partial charge in [0, 0.05) is 25.3 Å². The van der Waals surface area contributed by atoms with Gasteiger partial charge in [0.1, 0.15) is 0 Å². The van der Waals surface area contributed by atoms with E-state index < -0.39 is 0 Å². The Balaban J connectivity index is 1.53. The van der Waals surface area contributed by atoms with E-state index in [0.29, 0.717) is 0 Å². The van der Waals surface area contributed by atoms with Gasteiger partial charge in [-0.05, 0) is 37.5 Å². The lowest BCUT2D eigenvalue weighted by Crippen LogP contribution is -2.21. The van der Waals surface area contributed by atoms with Gasteiger partial charge in [-0.15, -0.1) is 0 Å². The maximum Gasteiger partial charge on any atom is 0.0948 e. The van der Waals surface area contributed by atoms with Crippen molar-refractivity contribution >= 4 is 0 Å². The van der Waals surface area contributed by atoms with E-state index in [1.54, 1.807) is 0 Å². The zero-order valence-corrected chi connectivity index (χ0v) is 11.4. The standard InChI is InChI=1S/C15H25N3/c1-12-2-4-13(5-3-12)10-18-11-16-8-15(18)9-17-14-6-7-14/h8,11-14,17H,2-7,9-10H2,1H3. The fourth-order valence-electron chi connectivity index (χ4n) is 2.99. The summed E-state index contributed by atoms with van der Waals surface area (Å²) in [5, 5.41) is 3.58. The predicted octanol–water partition coefficient (Wildman–Crippen LogP) is 2.96. The van der Waals surface area contributed by atoms with Crippen molar-refractivity contribution in [3.8, 4) is 0 Å². The summed E-state index contributed by atoms with van der Waals surface area (Å²) in [6, 6.07) is 0.781. The van der Waals surface area contributed by atoms with Crippen molar-refractivity contribution < 1.29 is 0 Å². The first-order valence-electron chi connectivity index (χ1n) is 7.53. The minimum absolute atomic E-state index is 0.781. The molecule has 0 atom stereocenters. The molecule has 2 fully saturated rings. The van der Waals surface area contributed by atoms with E-state index >= 15 is 0 Å². The van der Waals surface area contributed by atoms with E-state index in [2.05, 4.69) is 21.8 Å². The molecule has 1 aromatic heterocycles. The van der Waals surface area contributed by atoms with Crippen LogP contribution in [0.1, 0.15) is 51.1 Å². The maximum atomic E-state index is 4.32. The molecule has 18 heavy (non-hydrogen) atoms. The summed E-state index contributed by atoms with van der Waals surface area (Å²) in [5.41, 5.74) is 1.36. The molecular weight excluding hydrogens is 222 g/mol. The molecule has 1 heterocycles. The molecular formula is C15H25N3. The van der Waals surface area contributed by atoms with Gasteiger partial charge in [0.05, 0.1) is 12.0 Å². The number of nitrogens with one attached hydrogen (secondary N) is 1.